The van der Waals surface area contributed by atoms with E-state index in [0.717, 1.165) is 5.56 Å². The van der Waals surface area contributed by atoms with Crippen molar-refractivity contribution in [1.29, 1.82) is 0 Å². The number of halogens is 1. The van der Waals surface area contributed by atoms with Gasteiger partial charge in [-0.15, -0.1) is 0 Å². The van der Waals surface area contributed by atoms with Crippen molar-refractivity contribution in [1.82, 2.24) is 4.98 Å². The Morgan fingerprint density at radius 2 is 1.95 bits per heavy atom. The largest absolute Gasteiger partial charge is 0.397 e. The third kappa shape index (κ3) is 3.61. The van der Waals surface area contributed by atoms with Crippen LogP contribution in [0.4, 0.5) is 11.5 Å². The van der Waals surface area contributed by atoms with Gasteiger partial charge < -0.3 is 11.1 Å². The van der Waals surface area contributed by atoms with E-state index in [-0.39, 0.29) is 11.3 Å². The normalized spacial score (nSPS) is 11.2. The first kappa shape index (κ1) is 15.5. The number of carbonyl (C=O) groups is 1. The van der Waals surface area contributed by atoms with Gasteiger partial charge in [0.05, 0.1) is 16.4 Å². The lowest BCUT2D eigenvalue weighted by Crippen LogP contribution is -2.21. The van der Waals surface area contributed by atoms with Gasteiger partial charge in [0.2, 0.25) is 0 Å². The third-order valence-corrected chi connectivity index (χ3v) is 3.68. The summed E-state index contributed by atoms with van der Waals surface area (Å²) >= 11 is 3.35. The summed E-state index contributed by atoms with van der Waals surface area (Å²) < 4.78 is 0.657. The highest BCUT2D eigenvalue weighted by atomic mass is 79.9. The Labute approximate surface area is 132 Å². The molecule has 0 aliphatic carbocycles. The van der Waals surface area contributed by atoms with Crippen LogP contribution >= 0.6 is 15.9 Å². The Balaban J connectivity index is 2.33. The Hall–Kier alpha value is -1.88. The number of nitrogen functional groups attached to an aromatic ring is 1. The fourth-order valence-electron chi connectivity index (χ4n) is 2.05. The first-order valence-corrected chi connectivity index (χ1v) is 7.40. The lowest BCUT2D eigenvalue weighted by atomic mass is 9.83. The molecule has 0 aliphatic rings. The summed E-state index contributed by atoms with van der Waals surface area (Å²) in [6, 6.07) is 9.30. The van der Waals surface area contributed by atoms with Crippen LogP contribution in [0.5, 0.6) is 0 Å². The monoisotopic (exact) mass is 347 g/mol. The molecule has 0 atom stereocenters. The molecule has 21 heavy (non-hydrogen) atoms. The van der Waals surface area contributed by atoms with E-state index in [1.54, 1.807) is 6.07 Å². The van der Waals surface area contributed by atoms with Crippen LogP contribution in [0.25, 0.3) is 0 Å². The molecule has 4 nitrogen and oxygen atoms in total. The second-order valence-corrected chi connectivity index (χ2v) is 6.70. The maximum Gasteiger partial charge on any atom is 0.257 e. The Morgan fingerprint density at radius 3 is 2.57 bits per heavy atom. The topological polar surface area (TPSA) is 68.0 Å². The predicted octanol–water partition coefficient (Wildman–Crippen LogP) is 3.98. The molecule has 2 rings (SSSR count). The van der Waals surface area contributed by atoms with Gasteiger partial charge in [0.1, 0.15) is 5.82 Å². The van der Waals surface area contributed by atoms with Crippen LogP contribution in [0.3, 0.4) is 0 Å². The minimum Gasteiger partial charge on any atom is -0.397 e. The zero-order valence-corrected chi connectivity index (χ0v) is 13.9. The van der Waals surface area contributed by atoms with Gasteiger partial charge >= 0.3 is 0 Å². The molecule has 0 aliphatic heterocycles. The lowest BCUT2D eigenvalue weighted by Gasteiger charge is -2.22. The number of nitrogens with one attached hydrogen (secondary N) is 1. The Bertz CT molecular complexity index is 677. The van der Waals surface area contributed by atoms with E-state index in [1.807, 2.05) is 24.3 Å². The number of pyridine rings is 1. The molecule has 1 heterocycles. The van der Waals surface area contributed by atoms with E-state index in [4.69, 9.17) is 5.73 Å². The van der Waals surface area contributed by atoms with Gasteiger partial charge in [0.25, 0.3) is 5.91 Å². The molecule has 5 heteroatoms. The average Bonchev–Trinajstić information content (AvgIpc) is 2.41. The van der Waals surface area contributed by atoms with E-state index in [2.05, 4.69) is 47.0 Å². The van der Waals surface area contributed by atoms with Crippen molar-refractivity contribution < 1.29 is 4.79 Å². The van der Waals surface area contributed by atoms with Crippen LogP contribution in [0.2, 0.25) is 0 Å². The van der Waals surface area contributed by atoms with E-state index in [9.17, 15) is 4.79 Å². The van der Waals surface area contributed by atoms with Gasteiger partial charge in [-0.3, -0.25) is 4.79 Å². The number of aromatic nitrogens is 1. The highest BCUT2D eigenvalue weighted by Gasteiger charge is 2.21. The number of hydrogen-bond acceptors (Lipinski definition) is 3. The first-order chi connectivity index (χ1) is 9.79. The van der Waals surface area contributed by atoms with Gasteiger partial charge in [-0.05, 0) is 39.0 Å². The van der Waals surface area contributed by atoms with Crippen molar-refractivity contribution in [3.05, 3.63) is 52.1 Å². The number of rotatable bonds is 2. The zero-order chi connectivity index (χ0) is 15.6. The molecule has 0 bridgehead atoms. The van der Waals surface area contributed by atoms with E-state index < -0.39 is 0 Å². The average molecular weight is 348 g/mol. The summed E-state index contributed by atoms with van der Waals surface area (Å²) in [4.78, 5) is 16.6. The van der Waals surface area contributed by atoms with Gasteiger partial charge in [-0.2, -0.15) is 0 Å². The summed E-state index contributed by atoms with van der Waals surface area (Å²) in [7, 11) is 0. The molecule has 1 aromatic heterocycles. The second kappa shape index (κ2) is 5.85. The SMILES string of the molecule is CC(C)(C)c1ccccc1C(=O)Nc1ncc(N)cc1Br. The van der Waals surface area contributed by atoms with Gasteiger partial charge in [-0.25, -0.2) is 4.98 Å². The van der Waals surface area contributed by atoms with Crippen LogP contribution in [0.1, 0.15) is 36.7 Å². The highest BCUT2D eigenvalue weighted by molar-refractivity contribution is 9.10. The molecule has 1 amide bonds. The molecule has 0 saturated heterocycles. The quantitative estimate of drug-likeness (QED) is 0.863. The summed E-state index contributed by atoms with van der Waals surface area (Å²) in [5.41, 5.74) is 7.71. The number of hydrogen-bond donors (Lipinski definition) is 2. The summed E-state index contributed by atoms with van der Waals surface area (Å²) in [5, 5.41) is 2.81. The summed E-state index contributed by atoms with van der Waals surface area (Å²) in [5.74, 6) is 0.274. The van der Waals surface area contributed by atoms with Crippen molar-refractivity contribution in [3.8, 4) is 0 Å². The number of carbonyl (C=O) groups excluding carboxylic acids is 1. The van der Waals surface area contributed by atoms with Gasteiger partial charge in [0.15, 0.2) is 0 Å². The highest BCUT2D eigenvalue weighted by Crippen LogP contribution is 2.27. The first-order valence-electron chi connectivity index (χ1n) is 6.61. The summed E-state index contributed by atoms with van der Waals surface area (Å²) in [6.45, 7) is 6.24. The van der Waals surface area contributed by atoms with Gasteiger partial charge in [0, 0.05) is 5.56 Å². The van der Waals surface area contributed by atoms with E-state index in [0.29, 0.717) is 21.5 Å². The van der Waals surface area contributed by atoms with E-state index >= 15 is 0 Å². The molecule has 0 unspecified atom stereocenters. The lowest BCUT2D eigenvalue weighted by molar-refractivity contribution is 0.102. The molecule has 0 saturated carbocycles. The zero-order valence-electron chi connectivity index (χ0n) is 12.3. The maximum atomic E-state index is 12.5. The molecule has 0 fully saturated rings. The van der Waals surface area contributed by atoms with E-state index in [1.165, 1.54) is 6.20 Å². The number of anilines is 2. The molecule has 3 N–H and O–H groups in total. The number of nitrogens with two attached hydrogens (primary N) is 1. The predicted molar refractivity (Wildman–Crippen MR) is 89.4 cm³/mol. The van der Waals surface area contributed by atoms with Crippen LogP contribution < -0.4 is 11.1 Å². The number of nitrogens with zero attached hydrogens (tertiary/aromatic N) is 1. The molecule has 1 aromatic carbocycles. The van der Waals surface area contributed by atoms with Crippen LogP contribution in [-0.2, 0) is 5.41 Å². The van der Waals surface area contributed by atoms with Crippen LogP contribution in [0.15, 0.2) is 41.0 Å². The van der Waals surface area contributed by atoms with Crippen molar-refractivity contribution in [3.63, 3.8) is 0 Å². The van der Waals surface area contributed by atoms with Crippen molar-refractivity contribution >= 4 is 33.3 Å². The fraction of sp³-hybridized carbons (Fsp3) is 0.250. The maximum absolute atomic E-state index is 12.5. The molecule has 0 spiro atoms. The minimum atomic E-state index is -0.182. The molecule has 2 aromatic rings. The second-order valence-electron chi connectivity index (χ2n) is 5.85. The Morgan fingerprint density at radius 1 is 1.29 bits per heavy atom. The third-order valence-electron chi connectivity index (χ3n) is 3.07. The van der Waals surface area contributed by atoms with Crippen molar-refractivity contribution in [2.45, 2.75) is 26.2 Å². The van der Waals surface area contributed by atoms with Crippen molar-refractivity contribution in [2.24, 2.45) is 0 Å². The summed E-state index contributed by atoms with van der Waals surface area (Å²) in [6.07, 6.45) is 1.51. The molecular formula is C16H18BrN3O. The van der Waals surface area contributed by atoms with Crippen LogP contribution in [0, 0.1) is 0 Å². The standard InChI is InChI=1S/C16H18BrN3O/c1-16(2,3)12-7-5-4-6-11(12)15(21)20-14-13(17)8-10(18)9-19-14/h4-9H,18H2,1-3H3,(H,19,20,21). The minimum absolute atomic E-state index is 0.111. The molecular weight excluding hydrogens is 330 g/mol. The Kier molecular flexibility index (Phi) is 4.32. The number of amides is 1. The van der Waals surface area contributed by atoms with Crippen LogP contribution in [-0.4, -0.2) is 10.9 Å². The molecule has 0 radical (unpaired) electrons. The molecule has 110 valence electrons. The van der Waals surface area contributed by atoms with Gasteiger partial charge in [-0.1, -0.05) is 39.0 Å². The fourth-order valence-corrected chi connectivity index (χ4v) is 2.52. The number of benzene rings is 1. The smallest absolute Gasteiger partial charge is 0.257 e. The van der Waals surface area contributed by atoms with Crippen molar-refractivity contribution in [2.75, 3.05) is 11.1 Å².